The summed E-state index contributed by atoms with van der Waals surface area (Å²) in [5.41, 5.74) is 7.22. The SMILES string of the molecule is CCCCC[C@H](N)c1nc(Cc2ccccc2)no1. The second kappa shape index (κ2) is 7.04. The molecule has 1 atom stereocenters. The van der Waals surface area contributed by atoms with Crippen molar-refractivity contribution in [2.75, 3.05) is 0 Å². The van der Waals surface area contributed by atoms with Gasteiger partial charge in [0, 0.05) is 6.42 Å². The lowest BCUT2D eigenvalue weighted by Gasteiger charge is -2.04. The molecule has 0 unspecified atom stereocenters. The van der Waals surface area contributed by atoms with Gasteiger partial charge < -0.3 is 10.3 Å². The maximum atomic E-state index is 6.05. The van der Waals surface area contributed by atoms with E-state index < -0.39 is 0 Å². The summed E-state index contributed by atoms with van der Waals surface area (Å²) < 4.78 is 5.24. The predicted octanol–water partition coefficient (Wildman–Crippen LogP) is 3.24. The molecule has 0 saturated heterocycles. The average molecular weight is 259 g/mol. The molecule has 4 nitrogen and oxygen atoms in total. The Bertz CT molecular complexity index is 481. The van der Waals surface area contributed by atoms with Crippen LogP contribution in [0.1, 0.15) is 55.9 Å². The fourth-order valence-electron chi connectivity index (χ4n) is 2.01. The van der Waals surface area contributed by atoms with Gasteiger partial charge in [-0.1, -0.05) is 61.7 Å². The van der Waals surface area contributed by atoms with Crippen molar-refractivity contribution in [3.8, 4) is 0 Å². The van der Waals surface area contributed by atoms with Crippen LogP contribution < -0.4 is 5.73 Å². The van der Waals surface area contributed by atoms with E-state index in [-0.39, 0.29) is 6.04 Å². The third kappa shape index (κ3) is 4.17. The number of rotatable bonds is 7. The summed E-state index contributed by atoms with van der Waals surface area (Å²) in [5, 5.41) is 3.99. The normalized spacial score (nSPS) is 12.5. The first-order chi connectivity index (χ1) is 9.29. The molecule has 0 bridgehead atoms. The first-order valence-corrected chi connectivity index (χ1v) is 6.91. The van der Waals surface area contributed by atoms with Crippen LogP contribution in [0.25, 0.3) is 0 Å². The lowest BCUT2D eigenvalue weighted by Crippen LogP contribution is -2.10. The zero-order valence-electron chi connectivity index (χ0n) is 11.4. The first kappa shape index (κ1) is 13.7. The molecular weight excluding hydrogens is 238 g/mol. The molecule has 102 valence electrons. The number of aromatic nitrogens is 2. The maximum absolute atomic E-state index is 6.05. The minimum absolute atomic E-state index is 0.136. The molecule has 0 fully saturated rings. The van der Waals surface area contributed by atoms with Crippen LogP contribution in [0.4, 0.5) is 0 Å². The van der Waals surface area contributed by atoms with Crippen molar-refractivity contribution < 1.29 is 4.52 Å². The summed E-state index contributed by atoms with van der Waals surface area (Å²) >= 11 is 0. The van der Waals surface area contributed by atoms with Gasteiger partial charge in [-0.2, -0.15) is 4.98 Å². The van der Waals surface area contributed by atoms with Crippen LogP contribution in [0.3, 0.4) is 0 Å². The summed E-state index contributed by atoms with van der Waals surface area (Å²) in [6, 6.07) is 9.98. The molecule has 0 aliphatic rings. The Labute approximate surface area is 114 Å². The van der Waals surface area contributed by atoms with Gasteiger partial charge in [0.15, 0.2) is 5.82 Å². The Morgan fingerprint density at radius 1 is 1.21 bits per heavy atom. The van der Waals surface area contributed by atoms with Crippen LogP contribution in [-0.2, 0) is 6.42 Å². The van der Waals surface area contributed by atoms with Crippen LogP contribution in [0, 0.1) is 0 Å². The van der Waals surface area contributed by atoms with Crippen molar-refractivity contribution in [3.63, 3.8) is 0 Å². The van der Waals surface area contributed by atoms with Gasteiger partial charge in [0.05, 0.1) is 6.04 Å². The quantitative estimate of drug-likeness (QED) is 0.775. The highest BCUT2D eigenvalue weighted by Gasteiger charge is 2.14. The summed E-state index contributed by atoms with van der Waals surface area (Å²) in [7, 11) is 0. The fourth-order valence-corrected chi connectivity index (χ4v) is 2.01. The van der Waals surface area contributed by atoms with Crippen molar-refractivity contribution in [1.29, 1.82) is 0 Å². The molecule has 0 spiro atoms. The van der Waals surface area contributed by atoms with Crippen molar-refractivity contribution in [1.82, 2.24) is 10.1 Å². The third-order valence-electron chi connectivity index (χ3n) is 3.12. The van der Waals surface area contributed by atoms with E-state index in [1.807, 2.05) is 18.2 Å². The minimum atomic E-state index is -0.136. The smallest absolute Gasteiger partial charge is 0.243 e. The second-order valence-electron chi connectivity index (χ2n) is 4.81. The van der Waals surface area contributed by atoms with Crippen LogP contribution in [0.5, 0.6) is 0 Å². The van der Waals surface area contributed by atoms with Crippen molar-refractivity contribution in [2.24, 2.45) is 5.73 Å². The number of benzene rings is 1. The Kier molecular flexibility index (Phi) is 5.10. The summed E-state index contributed by atoms with van der Waals surface area (Å²) in [5.74, 6) is 1.26. The first-order valence-electron chi connectivity index (χ1n) is 6.91. The molecule has 1 aromatic heterocycles. The largest absolute Gasteiger partial charge is 0.338 e. The molecule has 19 heavy (non-hydrogen) atoms. The van der Waals surface area contributed by atoms with Gasteiger partial charge in [-0.25, -0.2) is 0 Å². The number of nitrogens with two attached hydrogens (primary N) is 1. The Balaban J connectivity index is 1.91. The van der Waals surface area contributed by atoms with E-state index >= 15 is 0 Å². The number of unbranched alkanes of at least 4 members (excludes halogenated alkanes) is 2. The van der Waals surface area contributed by atoms with E-state index in [0.29, 0.717) is 18.1 Å². The number of hydrogen-bond donors (Lipinski definition) is 1. The van der Waals surface area contributed by atoms with Crippen LogP contribution in [-0.4, -0.2) is 10.1 Å². The zero-order chi connectivity index (χ0) is 13.5. The van der Waals surface area contributed by atoms with E-state index in [1.54, 1.807) is 0 Å². The molecule has 0 amide bonds. The topological polar surface area (TPSA) is 64.9 Å². The maximum Gasteiger partial charge on any atom is 0.243 e. The van der Waals surface area contributed by atoms with Crippen LogP contribution in [0.15, 0.2) is 34.9 Å². The van der Waals surface area contributed by atoms with Crippen molar-refractivity contribution in [3.05, 3.63) is 47.6 Å². The molecule has 2 N–H and O–H groups in total. The molecule has 0 aliphatic carbocycles. The highest BCUT2D eigenvalue weighted by Crippen LogP contribution is 2.16. The van der Waals surface area contributed by atoms with Gasteiger partial charge in [-0.3, -0.25) is 0 Å². The summed E-state index contributed by atoms with van der Waals surface area (Å²) in [6.07, 6.45) is 5.08. The van der Waals surface area contributed by atoms with Crippen molar-refractivity contribution in [2.45, 2.75) is 45.1 Å². The van der Waals surface area contributed by atoms with Gasteiger partial charge in [-0.15, -0.1) is 0 Å². The standard InChI is InChI=1S/C15H21N3O/c1-2-3-5-10-13(16)15-17-14(18-19-15)11-12-8-6-4-7-9-12/h4,6-9,13H,2-3,5,10-11,16H2,1H3/t13-/m0/s1. The molecule has 0 aliphatic heterocycles. The minimum Gasteiger partial charge on any atom is -0.338 e. The highest BCUT2D eigenvalue weighted by molar-refractivity contribution is 5.18. The fraction of sp³-hybridized carbons (Fsp3) is 0.467. The monoisotopic (exact) mass is 259 g/mol. The predicted molar refractivity (Wildman–Crippen MR) is 74.6 cm³/mol. The van der Waals surface area contributed by atoms with E-state index in [2.05, 4.69) is 29.2 Å². The Morgan fingerprint density at radius 3 is 2.74 bits per heavy atom. The average Bonchev–Trinajstić information content (AvgIpc) is 2.89. The lowest BCUT2D eigenvalue weighted by molar-refractivity contribution is 0.342. The Morgan fingerprint density at radius 2 is 2.00 bits per heavy atom. The lowest BCUT2D eigenvalue weighted by atomic mass is 10.1. The third-order valence-corrected chi connectivity index (χ3v) is 3.12. The number of nitrogens with zero attached hydrogens (tertiary/aromatic N) is 2. The molecule has 0 saturated carbocycles. The van der Waals surface area contributed by atoms with Crippen molar-refractivity contribution >= 4 is 0 Å². The van der Waals surface area contributed by atoms with Gasteiger partial charge in [0.1, 0.15) is 0 Å². The molecule has 1 heterocycles. The van der Waals surface area contributed by atoms with E-state index in [0.717, 1.165) is 12.8 Å². The van der Waals surface area contributed by atoms with Gasteiger partial charge in [-0.05, 0) is 12.0 Å². The van der Waals surface area contributed by atoms with E-state index in [4.69, 9.17) is 10.3 Å². The summed E-state index contributed by atoms with van der Waals surface area (Å²) in [4.78, 5) is 4.38. The number of hydrogen-bond acceptors (Lipinski definition) is 4. The van der Waals surface area contributed by atoms with Crippen LogP contribution in [0.2, 0.25) is 0 Å². The molecule has 4 heteroatoms. The molecular formula is C15H21N3O. The Hall–Kier alpha value is -1.68. The molecule has 0 radical (unpaired) electrons. The molecule has 1 aromatic carbocycles. The zero-order valence-corrected chi connectivity index (χ0v) is 11.4. The van der Waals surface area contributed by atoms with Gasteiger partial charge >= 0.3 is 0 Å². The van der Waals surface area contributed by atoms with Crippen LogP contribution >= 0.6 is 0 Å². The highest BCUT2D eigenvalue weighted by atomic mass is 16.5. The molecule has 2 aromatic rings. The van der Waals surface area contributed by atoms with Gasteiger partial charge in [0.25, 0.3) is 0 Å². The van der Waals surface area contributed by atoms with Gasteiger partial charge in [0.2, 0.25) is 5.89 Å². The second-order valence-corrected chi connectivity index (χ2v) is 4.81. The van der Waals surface area contributed by atoms with E-state index in [1.165, 1.54) is 18.4 Å². The van der Waals surface area contributed by atoms with E-state index in [9.17, 15) is 0 Å². The summed E-state index contributed by atoms with van der Waals surface area (Å²) in [6.45, 7) is 2.18. The molecule has 2 rings (SSSR count).